The van der Waals surface area contributed by atoms with E-state index in [0.717, 1.165) is 96.2 Å². The number of carbonyl (C=O) groups excluding carboxylic acids is 10. The first-order chi connectivity index (χ1) is 52.1. The van der Waals surface area contributed by atoms with E-state index < -0.39 is 35.5 Å². The zero-order valence-electron chi connectivity index (χ0n) is 75.8. The predicted octanol–water partition coefficient (Wildman–Crippen LogP) is 17.3. The van der Waals surface area contributed by atoms with Crippen LogP contribution in [0.5, 0.6) is 0 Å². The lowest BCUT2D eigenvalue weighted by Crippen LogP contribution is -2.58. The number of hydrazine groups is 1. The van der Waals surface area contributed by atoms with E-state index in [2.05, 4.69) is 129 Å². The molecule has 3 fully saturated rings. The Morgan fingerprint density at radius 3 is 1.39 bits per heavy atom. The number of hydrogen-bond donors (Lipinski definition) is 2. The molecular formula is C90H143ClN12O11. The Labute approximate surface area is 687 Å². The summed E-state index contributed by atoms with van der Waals surface area (Å²) in [5.74, 6) is -1.76. The van der Waals surface area contributed by atoms with E-state index in [4.69, 9.17) is 32.3 Å². The fraction of sp³-hybridized carbons (Fsp3) is 0.722. The molecule has 23 nitrogen and oxygen atoms in total. The van der Waals surface area contributed by atoms with Crippen molar-refractivity contribution in [3.8, 4) is 11.3 Å². The van der Waals surface area contributed by atoms with Crippen LogP contribution >= 0.6 is 11.6 Å². The Morgan fingerprint density at radius 2 is 0.956 bits per heavy atom. The van der Waals surface area contributed by atoms with Gasteiger partial charge in [0.15, 0.2) is 28.9 Å². The average molecular weight is 1600 g/mol. The number of alkyl halides is 1. The SMILES string of the molecule is CC(C)C(=O)C1C(=O)CC(C)(C)CC1=O.CC(C)C(=O)C1C(=O)CC(C)(C)CC1Cl.CCN(NC1CC(C)(C)CC(=O)C1C(=O)C(C)C)C(=O)OC(C)(C)C.CCn1nc2c(c1C(C)C)-c1nc(N)ncc1C(C)(C)C2.CCn1nc2c(c1C(C)C)C(=O)/C(=C\N(C)C)C(C)(C)C2.CCn1nc2c(c1C(C)C)C(=O)CC(C)(C)C2. The number of allylic oxidation sites excluding steroid dienone is 1. The monoisotopic (exact) mass is 1600 g/mol. The second kappa shape index (κ2) is 37.9. The van der Waals surface area contributed by atoms with Crippen molar-refractivity contribution in [2.24, 2.45) is 62.6 Å². The number of aromatic nitrogens is 8. The average Bonchev–Trinajstić information content (AvgIpc) is 1.50. The minimum atomic E-state index is -0.974. The maximum atomic E-state index is 13.1. The largest absolute Gasteiger partial charge is 0.443 e. The number of ketones is 9. The minimum absolute atomic E-state index is 0.00417. The molecule has 0 aromatic carbocycles. The van der Waals surface area contributed by atoms with Crippen molar-refractivity contribution >= 4 is 75.7 Å². The molecule has 0 saturated heterocycles. The standard InChI is InChI=1S/C19H34N2O4.C17H27N3O.C16H23N5.C14H22N2O.C12H19ClO2.C12H18O3/c1-9-21(17(24)25-18(4,5)6)20-13-10-19(7,8)11-14(22)15(13)16(23)12(2)3;1-8-20-15(11(2)3)14-13(18-20)9-17(4,5)12(16(14)21)10-19(6)7;1-6-21-14(9(2)3)12-11(20-21)7-16(4,5)10-8-18-15(17)19-13(10)12;1-6-16-13(9(2)3)12-10(15-16)7-14(4,5)8-11(12)17;2*1-7(2)11(15)10-8(13)5-12(3,4)6-9(10)14/h12-13,15,20H,9-11H2,1-8H3;10-11H,8-9H2,1-7H3;8-9H,6-7H2,1-5H3,(H2,17,18,19);9H,6-8H2,1-5H3;7-8,10H,5-6H2,1-4H3;7,10H,5-6H2,1-4H3/b;12-10+;;;;. The van der Waals surface area contributed by atoms with Crippen LogP contribution < -0.4 is 11.2 Å². The number of halogens is 1. The van der Waals surface area contributed by atoms with E-state index in [9.17, 15) is 47.9 Å². The summed E-state index contributed by atoms with van der Waals surface area (Å²) in [5, 5.41) is 15.2. The fourth-order valence-corrected chi connectivity index (χ4v) is 17.5. The highest BCUT2D eigenvalue weighted by Crippen LogP contribution is 2.47. The zero-order valence-corrected chi connectivity index (χ0v) is 76.6. The number of Topliss-reactive ketones (excluding diaryl/α,β-unsaturated/α-hetero) is 9. The third-order valence-electron chi connectivity index (χ3n) is 22.0. The van der Waals surface area contributed by atoms with Crippen LogP contribution in [0.2, 0.25) is 0 Å². The summed E-state index contributed by atoms with van der Waals surface area (Å²) in [6.07, 6.45) is 9.56. The third-order valence-corrected chi connectivity index (χ3v) is 22.4. The smallest absolute Gasteiger partial charge is 0.424 e. The van der Waals surface area contributed by atoms with E-state index in [1.54, 1.807) is 48.5 Å². The summed E-state index contributed by atoms with van der Waals surface area (Å²) in [4.78, 5) is 133. The van der Waals surface area contributed by atoms with Gasteiger partial charge in [0.25, 0.3) is 0 Å². The molecular weight excluding hydrogens is 1460 g/mol. The Balaban J connectivity index is 0.000000246. The number of nitrogens with zero attached hydrogens (tertiary/aromatic N) is 10. The van der Waals surface area contributed by atoms with E-state index in [-0.39, 0.29) is 108 Å². The summed E-state index contributed by atoms with van der Waals surface area (Å²) in [5.41, 5.74) is 20.2. The molecule has 4 atom stereocenters. The highest BCUT2D eigenvalue weighted by molar-refractivity contribution is 6.26. The summed E-state index contributed by atoms with van der Waals surface area (Å²) in [6.45, 7) is 64.9. The van der Waals surface area contributed by atoms with Crippen molar-refractivity contribution < 1.29 is 52.7 Å². The van der Waals surface area contributed by atoms with Crippen LogP contribution in [-0.4, -0.2) is 145 Å². The molecule has 6 aliphatic rings. The van der Waals surface area contributed by atoms with Gasteiger partial charge in [0.1, 0.15) is 34.7 Å². The molecule has 0 spiro atoms. The highest BCUT2D eigenvalue weighted by Gasteiger charge is 2.49. The quantitative estimate of drug-likeness (QED) is 0.0456. The molecule has 1 amide bonds. The number of anilines is 1. The molecule has 6 aliphatic carbocycles. The molecule has 114 heavy (non-hydrogen) atoms. The van der Waals surface area contributed by atoms with Gasteiger partial charge in [0.2, 0.25) is 5.95 Å². The Bertz CT molecular complexity index is 4200. The van der Waals surface area contributed by atoms with Gasteiger partial charge < -0.3 is 15.4 Å². The fourth-order valence-electron chi connectivity index (χ4n) is 16.8. The number of amides is 1. The van der Waals surface area contributed by atoms with Crippen LogP contribution in [0.1, 0.15) is 338 Å². The Hall–Kier alpha value is -7.40. The first-order valence-corrected chi connectivity index (χ1v) is 42.1. The van der Waals surface area contributed by atoms with Crippen LogP contribution in [0.15, 0.2) is 18.0 Å². The number of nitrogens with one attached hydrogen (secondary N) is 1. The molecule has 4 aromatic rings. The van der Waals surface area contributed by atoms with Crippen LogP contribution in [0.3, 0.4) is 0 Å². The van der Waals surface area contributed by atoms with Crippen molar-refractivity contribution in [3.05, 3.63) is 68.8 Å². The summed E-state index contributed by atoms with van der Waals surface area (Å²) in [6, 6.07) is -0.404. The van der Waals surface area contributed by atoms with Gasteiger partial charge in [-0.1, -0.05) is 166 Å². The lowest BCUT2D eigenvalue weighted by molar-refractivity contribution is -0.147. The number of fused-ring (bicyclic) bond motifs is 5. The van der Waals surface area contributed by atoms with Crippen LogP contribution in [0.25, 0.3) is 11.3 Å². The molecule has 0 aliphatic heterocycles. The number of aryl methyl sites for hydroxylation is 3. The molecule has 10 rings (SSSR count). The normalized spacial score (nSPS) is 21.4. The van der Waals surface area contributed by atoms with Crippen LogP contribution in [-0.2, 0) is 82.6 Å². The Morgan fingerprint density at radius 1 is 0.553 bits per heavy atom. The summed E-state index contributed by atoms with van der Waals surface area (Å²) >= 11 is 6.16. The maximum Gasteiger partial charge on any atom is 0.424 e. The highest BCUT2D eigenvalue weighted by atomic mass is 35.5. The van der Waals surface area contributed by atoms with Crippen LogP contribution in [0.4, 0.5) is 10.7 Å². The van der Waals surface area contributed by atoms with E-state index in [1.165, 1.54) is 21.8 Å². The van der Waals surface area contributed by atoms with Gasteiger partial charge in [-0.15, -0.1) is 11.6 Å². The van der Waals surface area contributed by atoms with Gasteiger partial charge in [-0.25, -0.2) is 25.2 Å². The summed E-state index contributed by atoms with van der Waals surface area (Å²) in [7, 11) is 3.93. The van der Waals surface area contributed by atoms with Crippen molar-refractivity contribution in [3.63, 3.8) is 0 Å². The minimum Gasteiger partial charge on any atom is -0.443 e. The number of rotatable bonds is 16. The molecule has 4 unspecified atom stereocenters. The number of ether oxygens (including phenoxy) is 1. The molecule has 4 aromatic heterocycles. The molecule has 24 heteroatoms. The van der Waals surface area contributed by atoms with E-state index in [1.807, 2.05) is 103 Å². The van der Waals surface area contributed by atoms with Crippen molar-refractivity contribution in [2.45, 2.75) is 339 Å². The van der Waals surface area contributed by atoms with Crippen molar-refractivity contribution in [2.75, 3.05) is 26.4 Å². The zero-order chi connectivity index (χ0) is 87.3. The number of nitrogen functional groups attached to an aromatic ring is 1. The first kappa shape index (κ1) is 97.2. The van der Waals surface area contributed by atoms with E-state index in [0.29, 0.717) is 68.8 Å². The van der Waals surface area contributed by atoms with E-state index >= 15 is 0 Å². The van der Waals surface area contributed by atoms with Crippen LogP contribution in [0, 0.1) is 62.6 Å². The number of hydrogen-bond acceptors (Lipinski definition) is 19. The van der Waals surface area contributed by atoms with Gasteiger partial charge in [0, 0.05) is 144 Å². The second-order valence-electron chi connectivity index (χ2n) is 39.9. The predicted molar refractivity (Wildman–Crippen MR) is 452 cm³/mol. The second-order valence-corrected chi connectivity index (χ2v) is 40.5. The summed E-state index contributed by atoms with van der Waals surface area (Å²) < 4.78 is 11.5. The number of carbonyl (C=O) groups is 10. The third kappa shape index (κ3) is 23.9. The topological polar surface area (TPSA) is 304 Å². The lowest BCUT2D eigenvalue weighted by atomic mass is 9.67. The molecule has 3 saturated carbocycles. The maximum absolute atomic E-state index is 13.1. The van der Waals surface area contributed by atoms with Gasteiger partial charge in [-0.05, 0) is 113 Å². The van der Waals surface area contributed by atoms with Gasteiger partial charge >= 0.3 is 6.09 Å². The Kier molecular flexibility index (Phi) is 32.3. The van der Waals surface area contributed by atoms with Gasteiger partial charge in [-0.2, -0.15) is 15.3 Å². The molecule has 4 heterocycles. The van der Waals surface area contributed by atoms with Gasteiger partial charge in [0.05, 0.1) is 68.2 Å². The number of nitrogens with two attached hydrogens (primary N) is 1. The van der Waals surface area contributed by atoms with Crippen molar-refractivity contribution in [1.82, 2.24) is 54.6 Å². The lowest BCUT2D eigenvalue weighted by Gasteiger charge is -2.42. The molecule has 0 bridgehead atoms. The molecule has 3 N–H and O–H groups in total. The first-order valence-electron chi connectivity index (χ1n) is 41.7. The van der Waals surface area contributed by atoms with Gasteiger partial charge in [-0.3, -0.25) is 57.2 Å². The van der Waals surface area contributed by atoms with Crippen molar-refractivity contribution in [1.29, 1.82) is 0 Å². The molecule has 0 radical (unpaired) electrons. The molecule has 636 valence electrons.